The highest BCUT2D eigenvalue weighted by molar-refractivity contribution is 4.84. The van der Waals surface area contributed by atoms with Gasteiger partial charge in [0, 0.05) is 39.4 Å². The fourth-order valence-electron chi connectivity index (χ4n) is 3.34. The minimum absolute atomic E-state index is 0.426. The number of nitrogens with one attached hydrogen (secondary N) is 2. The van der Waals surface area contributed by atoms with Gasteiger partial charge in [0.2, 0.25) is 0 Å². The Hall–Kier alpha value is -0.160. The molecule has 0 aliphatic carbocycles. The molecule has 0 radical (unpaired) electrons. The van der Waals surface area contributed by atoms with Crippen molar-refractivity contribution < 1.29 is 0 Å². The Bertz CT molecular complexity index is 253. The Kier molecular flexibility index (Phi) is 5.63. The van der Waals surface area contributed by atoms with Crippen LogP contribution in [0.1, 0.15) is 26.7 Å². The van der Waals surface area contributed by atoms with Crippen LogP contribution in [0.15, 0.2) is 0 Å². The first-order chi connectivity index (χ1) is 9.08. The van der Waals surface area contributed by atoms with Crippen molar-refractivity contribution in [1.29, 1.82) is 0 Å². The Morgan fingerprint density at radius 2 is 1.74 bits per heavy atom. The average molecular weight is 268 g/mol. The Morgan fingerprint density at radius 3 is 2.37 bits per heavy atom. The lowest BCUT2D eigenvalue weighted by Gasteiger charge is -2.40. The summed E-state index contributed by atoms with van der Waals surface area (Å²) in [5.41, 5.74) is 0.426. The Labute approximate surface area is 118 Å². The summed E-state index contributed by atoms with van der Waals surface area (Å²) in [6.45, 7) is 14.3. The molecule has 0 atom stereocenters. The molecular weight excluding hydrogens is 236 g/mol. The van der Waals surface area contributed by atoms with Crippen LogP contribution >= 0.6 is 0 Å². The lowest BCUT2D eigenvalue weighted by Crippen LogP contribution is -2.49. The van der Waals surface area contributed by atoms with Gasteiger partial charge in [-0.05, 0) is 44.3 Å². The largest absolute Gasteiger partial charge is 0.314 e. The molecule has 2 aliphatic heterocycles. The van der Waals surface area contributed by atoms with Crippen LogP contribution in [-0.2, 0) is 0 Å². The maximum atomic E-state index is 3.69. The van der Waals surface area contributed by atoms with Crippen LogP contribution in [-0.4, -0.2) is 69.3 Å². The molecule has 2 N–H and O–H groups in total. The molecule has 2 saturated heterocycles. The van der Waals surface area contributed by atoms with Crippen LogP contribution in [0.2, 0.25) is 0 Å². The first-order valence-electron chi connectivity index (χ1n) is 7.90. The summed E-state index contributed by atoms with van der Waals surface area (Å²) in [6.07, 6.45) is 2.72. The van der Waals surface area contributed by atoms with E-state index in [0.29, 0.717) is 5.41 Å². The summed E-state index contributed by atoms with van der Waals surface area (Å²) >= 11 is 0. The van der Waals surface area contributed by atoms with Gasteiger partial charge in [0.15, 0.2) is 0 Å². The molecule has 2 aliphatic rings. The van der Waals surface area contributed by atoms with Crippen molar-refractivity contribution in [2.45, 2.75) is 26.7 Å². The van der Waals surface area contributed by atoms with Crippen molar-refractivity contribution in [1.82, 2.24) is 20.4 Å². The summed E-state index contributed by atoms with van der Waals surface area (Å²) in [4.78, 5) is 4.97. The summed E-state index contributed by atoms with van der Waals surface area (Å²) in [5, 5.41) is 7.09. The van der Waals surface area contributed by atoms with E-state index < -0.39 is 0 Å². The lowest BCUT2D eigenvalue weighted by molar-refractivity contribution is 0.106. The van der Waals surface area contributed by atoms with E-state index in [1.165, 1.54) is 39.0 Å². The van der Waals surface area contributed by atoms with Crippen molar-refractivity contribution in [3.05, 3.63) is 0 Å². The van der Waals surface area contributed by atoms with Crippen molar-refractivity contribution in [2.24, 2.45) is 11.3 Å². The molecule has 0 aromatic heterocycles. The van der Waals surface area contributed by atoms with Crippen molar-refractivity contribution in [2.75, 3.05) is 59.5 Å². The second kappa shape index (κ2) is 7.02. The zero-order valence-electron chi connectivity index (χ0n) is 13.0. The van der Waals surface area contributed by atoms with Crippen molar-refractivity contribution in [3.8, 4) is 0 Å². The zero-order valence-corrected chi connectivity index (χ0v) is 13.0. The number of likely N-dealkylation sites (tertiary alicyclic amines) is 1. The lowest BCUT2D eigenvalue weighted by atomic mass is 9.73. The summed E-state index contributed by atoms with van der Waals surface area (Å²) in [7, 11) is 2.24. The van der Waals surface area contributed by atoms with Crippen LogP contribution in [0, 0.1) is 11.3 Å². The molecule has 2 fully saturated rings. The highest BCUT2D eigenvalue weighted by Gasteiger charge is 2.31. The van der Waals surface area contributed by atoms with Crippen LogP contribution < -0.4 is 10.6 Å². The van der Waals surface area contributed by atoms with Crippen LogP contribution in [0.25, 0.3) is 0 Å². The molecule has 0 bridgehead atoms. The fraction of sp³-hybridized carbons (Fsp3) is 1.00. The molecule has 4 nitrogen and oxygen atoms in total. The van der Waals surface area contributed by atoms with E-state index in [1.54, 1.807) is 0 Å². The molecule has 112 valence electrons. The predicted octanol–water partition coefficient (Wildman–Crippen LogP) is 0.807. The molecule has 0 amide bonds. The maximum absolute atomic E-state index is 3.69. The second-order valence-electron chi connectivity index (χ2n) is 7.02. The first-order valence-corrected chi connectivity index (χ1v) is 7.90. The van der Waals surface area contributed by atoms with E-state index in [0.717, 1.165) is 32.2 Å². The number of piperidine rings is 1. The van der Waals surface area contributed by atoms with Gasteiger partial charge in [-0.25, -0.2) is 0 Å². The second-order valence-corrected chi connectivity index (χ2v) is 7.02. The third-order valence-corrected chi connectivity index (χ3v) is 4.95. The van der Waals surface area contributed by atoms with Crippen LogP contribution in [0.4, 0.5) is 0 Å². The molecule has 0 aromatic rings. The molecule has 2 heterocycles. The summed E-state index contributed by atoms with van der Waals surface area (Å²) in [6, 6.07) is 0. The smallest absolute Gasteiger partial charge is 0.0481 e. The monoisotopic (exact) mass is 268 g/mol. The quantitative estimate of drug-likeness (QED) is 0.772. The molecule has 4 heteroatoms. The Morgan fingerprint density at radius 1 is 1.11 bits per heavy atom. The number of hydrogen-bond acceptors (Lipinski definition) is 4. The molecule has 0 saturated carbocycles. The van der Waals surface area contributed by atoms with Crippen molar-refractivity contribution in [3.63, 3.8) is 0 Å². The van der Waals surface area contributed by atoms with E-state index in [9.17, 15) is 0 Å². The van der Waals surface area contributed by atoms with Gasteiger partial charge in [0.25, 0.3) is 0 Å². The summed E-state index contributed by atoms with van der Waals surface area (Å²) < 4.78 is 0. The molecule has 0 spiro atoms. The summed E-state index contributed by atoms with van der Waals surface area (Å²) in [5.74, 6) is 0.874. The standard InChI is InChI=1S/C15H32N4/c1-15(2,14-4-8-18(3)9-5-14)12-17-13-19-10-6-16-7-11-19/h14,16-17H,4-13H2,1-3H3. The van der Waals surface area contributed by atoms with E-state index in [1.807, 2.05) is 0 Å². The van der Waals surface area contributed by atoms with E-state index in [2.05, 4.69) is 41.3 Å². The number of nitrogens with zero attached hydrogens (tertiary/aromatic N) is 2. The van der Waals surface area contributed by atoms with Gasteiger partial charge in [-0.3, -0.25) is 4.90 Å². The van der Waals surface area contributed by atoms with E-state index in [-0.39, 0.29) is 0 Å². The fourth-order valence-corrected chi connectivity index (χ4v) is 3.34. The third kappa shape index (κ3) is 4.71. The number of piperazine rings is 1. The molecule has 0 unspecified atom stereocenters. The number of hydrogen-bond donors (Lipinski definition) is 2. The van der Waals surface area contributed by atoms with E-state index >= 15 is 0 Å². The highest BCUT2D eigenvalue weighted by Crippen LogP contribution is 2.34. The topological polar surface area (TPSA) is 30.5 Å². The van der Waals surface area contributed by atoms with E-state index in [4.69, 9.17) is 0 Å². The minimum atomic E-state index is 0.426. The molecule has 2 rings (SSSR count). The van der Waals surface area contributed by atoms with Crippen LogP contribution in [0.5, 0.6) is 0 Å². The highest BCUT2D eigenvalue weighted by atomic mass is 15.3. The number of rotatable bonds is 5. The average Bonchev–Trinajstić information content (AvgIpc) is 2.40. The maximum Gasteiger partial charge on any atom is 0.0481 e. The van der Waals surface area contributed by atoms with Crippen molar-refractivity contribution >= 4 is 0 Å². The van der Waals surface area contributed by atoms with Gasteiger partial charge in [-0.1, -0.05) is 13.8 Å². The minimum Gasteiger partial charge on any atom is -0.314 e. The normalized spacial score (nSPS) is 24.8. The predicted molar refractivity (Wildman–Crippen MR) is 81.3 cm³/mol. The first kappa shape index (κ1) is 15.2. The Balaban J connectivity index is 1.68. The van der Waals surface area contributed by atoms with Gasteiger partial charge in [0.1, 0.15) is 0 Å². The third-order valence-electron chi connectivity index (χ3n) is 4.95. The molecular formula is C15H32N4. The van der Waals surface area contributed by atoms with Crippen LogP contribution in [0.3, 0.4) is 0 Å². The van der Waals surface area contributed by atoms with Gasteiger partial charge < -0.3 is 15.5 Å². The molecule has 19 heavy (non-hydrogen) atoms. The van der Waals surface area contributed by atoms with Gasteiger partial charge in [-0.2, -0.15) is 0 Å². The van der Waals surface area contributed by atoms with Gasteiger partial charge >= 0.3 is 0 Å². The zero-order chi connectivity index (χ0) is 13.7. The van der Waals surface area contributed by atoms with Gasteiger partial charge in [0.05, 0.1) is 0 Å². The van der Waals surface area contributed by atoms with Gasteiger partial charge in [-0.15, -0.1) is 0 Å². The molecule has 0 aromatic carbocycles. The SMILES string of the molecule is CN1CCC(C(C)(C)CNCN2CCNCC2)CC1.